The van der Waals surface area contributed by atoms with Crippen molar-refractivity contribution in [2.24, 2.45) is 17.3 Å². The van der Waals surface area contributed by atoms with E-state index < -0.39 is 11.6 Å². The minimum absolute atomic E-state index is 0.0244. The number of phenols is 1. The van der Waals surface area contributed by atoms with Crippen molar-refractivity contribution in [1.29, 1.82) is 0 Å². The average Bonchev–Trinajstić information content (AvgIpc) is 3.95. The number of aromatic nitrogens is 3. The van der Waals surface area contributed by atoms with Crippen LogP contribution in [-0.2, 0) is 9.53 Å². The molecule has 4 aromatic rings. The molecule has 3 saturated heterocycles. The first-order valence-electron chi connectivity index (χ1n) is 19.1. The summed E-state index contributed by atoms with van der Waals surface area (Å²) in [7, 11) is 0. The number of nitrogens with zero attached hydrogens (tertiary/aromatic N) is 6. The molecule has 1 N–H and O–H groups in total. The van der Waals surface area contributed by atoms with E-state index >= 15 is 4.39 Å². The zero-order chi connectivity index (χ0) is 36.3. The van der Waals surface area contributed by atoms with Crippen molar-refractivity contribution in [2.45, 2.75) is 57.4 Å². The molecule has 5 heterocycles. The van der Waals surface area contributed by atoms with Gasteiger partial charge in [-0.15, -0.1) is 6.42 Å². The van der Waals surface area contributed by atoms with Crippen LogP contribution in [0.3, 0.4) is 0 Å². The summed E-state index contributed by atoms with van der Waals surface area (Å²) in [6.07, 6.45) is 15.5. The number of carbonyl (C=O) groups is 1. The number of pyridine rings is 1. The van der Waals surface area contributed by atoms with Gasteiger partial charge in [-0.25, -0.2) is 8.78 Å². The van der Waals surface area contributed by atoms with Gasteiger partial charge in [0.15, 0.2) is 5.82 Å². The van der Waals surface area contributed by atoms with Crippen molar-refractivity contribution in [3.63, 3.8) is 0 Å². The molecule has 2 unspecified atom stereocenters. The number of rotatable bonds is 8. The van der Waals surface area contributed by atoms with Crippen molar-refractivity contribution in [3.05, 3.63) is 47.7 Å². The molecular weight excluding hydrogens is 678 g/mol. The van der Waals surface area contributed by atoms with Crippen LogP contribution in [0.4, 0.5) is 14.6 Å². The summed E-state index contributed by atoms with van der Waals surface area (Å²) in [5.74, 6) is 2.53. The number of terminal acetylenes is 1. The molecule has 0 radical (unpaired) electrons. The quantitative estimate of drug-likeness (QED) is 0.222. The van der Waals surface area contributed by atoms with E-state index in [1.807, 2.05) is 4.90 Å². The molecule has 53 heavy (non-hydrogen) atoms. The van der Waals surface area contributed by atoms with E-state index in [-0.39, 0.29) is 50.8 Å². The van der Waals surface area contributed by atoms with Gasteiger partial charge in [0.05, 0.1) is 24.2 Å². The molecule has 5 aliphatic rings. The van der Waals surface area contributed by atoms with Gasteiger partial charge in [0.2, 0.25) is 5.91 Å². The summed E-state index contributed by atoms with van der Waals surface area (Å²) in [5.41, 5.74) is -0.0287. The van der Waals surface area contributed by atoms with E-state index in [2.05, 4.69) is 20.7 Å². The van der Waals surface area contributed by atoms with Crippen molar-refractivity contribution in [3.8, 4) is 35.4 Å². The molecule has 0 bridgehead atoms. The molecule has 2 atom stereocenters. The molecule has 1 amide bonds. The number of anilines is 1. The highest BCUT2D eigenvalue weighted by Gasteiger charge is 2.50. The Morgan fingerprint density at radius 1 is 1.06 bits per heavy atom. The number of likely N-dealkylation sites (tertiary alicyclic amines) is 2. The fourth-order valence-electron chi connectivity index (χ4n) is 9.45. The lowest BCUT2D eigenvalue weighted by Gasteiger charge is -2.49. The minimum Gasteiger partial charge on any atom is -0.508 e. The minimum atomic E-state index is -0.739. The van der Waals surface area contributed by atoms with E-state index in [9.17, 15) is 14.3 Å². The number of piperidine rings is 1. The normalized spacial score (nSPS) is 23.8. The summed E-state index contributed by atoms with van der Waals surface area (Å²) < 4.78 is 44.2. The number of phenolic OH excluding ortho intramolecular Hbond substituents is 1. The highest BCUT2D eigenvalue weighted by molar-refractivity contribution is 6.03. The van der Waals surface area contributed by atoms with E-state index in [1.165, 1.54) is 30.5 Å². The third-order valence-electron chi connectivity index (χ3n) is 12.2. The number of amides is 1. The lowest BCUT2D eigenvalue weighted by molar-refractivity contribution is -0.140. The average molecular weight is 723 g/mol. The molecule has 2 aliphatic carbocycles. The number of hydrogen-bond acceptors (Lipinski definition) is 9. The molecule has 2 saturated carbocycles. The van der Waals surface area contributed by atoms with E-state index in [1.54, 1.807) is 0 Å². The van der Waals surface area contributed by atoms with Gasteiger partial charge in [-0.2, -0.15) is 9.97 Å². The molecule has 276 valence electrons. The van der Waals surface area contributed by atoms with Gasteiger partial charge in [-0.3, -0.25) is 14.7 Å². The highest BCUT2D eigenvalue weighted by Crippen LogP contribution is 2.49. The topological polar surface area (TPSA) is 104 Å². The molecule has 2 aromatic heterocycles. The predicted octanol–water partition coefficient (Wildman–Crippen LogP) is 5.92. The standard InChI is InChI=1S/C41H44F2N6O4/c1-2-29-32(42)10-9-27-18-28(50)19-30(34(27)29)36-35(43)37-31(20-44-36)38(47-14-5-16-52-17-15-47)46-40(45-37)53-24-41-11-3-6-33(41)48(13-4-12-41)21-25-22-49(23-25)39(51)26-7-8-26/h1,9-10,18-20,25-26,33,50H,3-8,11-17,21-24H2. The van der Waals surface area contributed by atoms with Crippen LogP contribution in [-0.4, -0.2) is 101 Å². The first-order valence-corrected chi connectivity index (χ1v) is 19.1. The summed E-state index contributed by atoms with van der Waals surface area (Å²) in [6.45, 7) is 6.50. The van der Waals surface area contributed by atoms with Crippen molar-refractivity contribution in [2.75, 3.05) is 64.0 Å². The predicted molar refractivity (Wildman–Crippen MR) is 197 cm³/mol. The van der Waals surface area contributed by atoms with Crippen LogP contribution in [0.25, 0.3) is 32.9 Å². The van der Waals surface area contributed by atoms with E-state index in [0.717, 1.165) is 77.5 Å². The number of carbonyl (C=O) groups excluding carboxylic acids is 1. The number of halogens is 2. The first-order chi connectivity index (χ1) is 25.8. The third-order valence-corrected chi connectivity index (χ3v) is 12.2. The van der Waals surface area contributed by atoms with Gasteiger partial charge in [-0.05, 0) is 75.1 Å². The Kier molecular flexibility index (Phi) is 8.82. The Morgan fingerprint density at radius 2 is 1.91 bits per heavy atom. The summed E-state index contributed by atoms with van der Waals surface area (Å²) in [6, 6.07) is 6.01. The second-order valence-electron chi connectivity index (χ2n) is 15.7. The number of hydrogen-bond donors (Lipinski definition) is 1. The maximum atomic E-state index is 17.0. The molecule has 3 aliphatic heterocycles. The van der Waals surface area contributed by atoms with Crippen LogP contribution in [0.2, 0.25) is 0 Å². The van der Waals surface area contributed by atoms with E-state index in [0.29, 0.717) is 67.4 Å². The summed E-state index contributed by atoms with van der Waals surface area (Å²) in [4.78, 5) is 33.4. The molecule has 5 fully saturated rings. The van der Waals surface area contributed by atoms with Gasteiger partial charge >= 0.3 is 6.01 Å². The van der Waals surface area contributed by atoms with Crippen LogP contribution in [0, 0.1) is 41.2 Å². The molecule has 0 spiro atoms. The van der Waals surface area contributed by atoms with Crippen LogP contribution < -0.4 is 9.64 Å². The number of benzene rings is 2. The fourth-order valence-corrected chi connectivity index (χ4v) is 9.45. The maximum Gasteiger partial charge on any atom is 0.319 e. The van der Waals surface area contributed by atoms with Crippen LogP contribution in [0.5, 0.6) is 11.8 Å². The molecule has 2 aromatic carbocycles. The first kappa shape index (κ1) is 34.2. The summed E-state index contributed by atoms with van der Waals surface area (Å²) in [5, 5.41) is 11.8. The Hall–Kier alpha value is -4.60. The Morgan fingerprint density at radius 3 is 2.74 bits per heavy atom. The van der Waals surface area contributed by atoms with Gasteiger partial charge < -0.3 is 24.4 Å². The van der Waals surface area contributed by atoms with Crippen molar-refractivity contribution >= 4 is 33.4 Å². The van der Waals surface area contributed by atoms with Gasteiger partial charge in [0.25, 0.3) is 0 Å². The Bertz CT molecular complexity index is 2120. The number of fused-ring (bicyclic) bond motifs is 3. The van der Waals surface area contributed by atoms with Gasteiger partial charge in [0, 0.05) is 79.8 Å². The molecule has 9 rings (SSSR count). The lowest BCUT2D eigenvalue weighted by atomic mass is 9.75. The smallest absolute Gasteiger partial charge is 0.319 e. The van der Waals surface area contributed by atoms with Crippen LogP contribution in [0.15, 0.2) is 30.5 Å². The molecule has 10 nitrogen and oxygen atoms in total. The number of ether oxygens (including phenoxy) is 2. The second kappa shape index (κ2) is 13.7. The third kappa shape index (κ3) is 6.21. The van der Waals surface area contributed by atoms with Crippen molar-refractivity contribution in [1.82, 2.24) is 24.8 Å². The second-order valence-corrected chi connectivity index (χ2v) is 15.7. The maximum absolute atomic E-state index is 17.0. The van der Waals surface area contributed by atoms with Crippen molar-refractivity contribution < 1.29 is 28.2 Å². The highest BCUT2D eigenvalue weighted by atomic mass is 19.1. The zero-order valence-corrected chi connectivity index (χ0v) is 29.8. The Balaban J connectivity index is 1.05. The van der Waals surface area contributed by atoms with Crippen LogP contribution >= 0.6 is 0 Å². The SMILES string of the molecule is C#Cc1c(F)ccc2cc(O)cc(-c3ncc4c(N5CCCOCC5)nc(OCC56CCCC5N(CC5CN(C(=O)C7CC7)C5)CCC6)nc4c3F)c12. The van der Waals surface area contributed by atoms with Gasteiger partial charge in [-0.1, -0.05) is 18.4 Å². The van der Waals surface area contributed by atoms with E-state index in [4.69, 9.17) is 25.9 Å². The molecular formula is C41H44F2N6O4. The van der Waals surface area contributed by atoms with Gasteiger partial charge in [0.1, 0.15) is 28.6 Å². The lowest BCUT2D eigenvalue weighted by Crippen LogP contribution is -2.58. The largest absolute Gasteiger partial charge is 0.508 e. The summed E-state index contributed by atoms with van der Waals surface area (Å²) >= 11 is 0. The number of aromatic hydroxyl groups is 1. The molecule has 12 heteroatoms. The Labute approximate surface area is 307 Å². The monoisotopic (exact) mass is 722 g/mol. The fraction of sp³-hybridized carbons (Fsp3) is 0.512. The zero-order valence-electron chi connectivity index (χ0n) is 29.8. The van der Waals surface area contributed by atoms with Crippen LogP contribution in [0.1, 0.15) is 56.9 Å².